The van der Waals surface area contributed by atoms with Crippen LogP contribution in [0.2, 0.25) is 0 Å². The molecule has 2 rings (SSSR count). The van der Waals surface area contributed by atoms with Crippen molar-refractivity contribution in [1.82, 2.24) is 0 Å². The van der Waals surface area contributed by atoms with Gasteiger partial charge in [0.15, 0.2) is 0 Å². The first-order chi connectivity index (χ1) is 14.0. The van der Waals surface area contributed by atoms with E-state index in [1.54, 1.807) is 0 Å². The third kappa shape index (κ3) is 6.10. The molecule has 2 aliphatic rings. The molecule has 0 amide bonds. The van der Waals surface area contributed by atoms with E-state index in [1.165, 1.54) is 0 Å². The Bertz CT molecular complexity index is 651. The molecule has 2 aliphatic heterocycles. The molecule has 0 N–H and O–H groups in total. The maximum Gasteiger partial charge on any atom is 0.306 e. The summed E-state index contributed by atoms with van der Waals surface area (Å²) in [6.45, 7) is 14.9. The van der Waals surface area contributed by atoms with Gasteiger partial charge in [0.2, 0.25) is 22.2 Å². The zero-order chi connectivity index (χ0) is 23.8. The van der Waals surface area contributed by atoms with Crippen molar-refractivity contribution in [2.75, 3.05) is 0 Å². The molecule has 8 heteroatoms. The number of ether oxygens (including phenoxy) is 2. The van der Waals surface area contributed by atoms with Crippen molar-refractivity contribution in [2.45, 2.75) is 135 Å². The summed E-state index contributed by atoms with van der Waals surface area (Å²) in [4.78, 5) is 49.4. The molecule has 0 atom stereocenters. The number of piperidine rings is 2. The molecular weight excluding hydrogens is 400 g/mol. The molecule has 0 aromatic carbocycles. The fourth-order valence-electron chi connectivity index (χ4n) is 5.38. The molecule has 31 heavy (non-hydrogen) atoms. The average Bonchev–Trinajstić information content (AvgIpc) is 2.56. The lowest BCUT2D eigenvalue weighted by atomic mass is 9.80. The maximum atomic E-state index is 12.4. The second-order valence-corrected chi connectivity index (χ2v) is 11.7. The van der Waals surface area contributed by atoms with Crippen molar-refractivity contribution in [3.63, 3.8) is 0 Å². The standard InChI is InChI=1S/C23H40N2O6/c1-20(2)12-16(13-21(3,4)24(20)28)30-18(26)10-9-11-19(27)31-17-14-22(5,6)25(29)23(7,8)15-17/h16-17H,9-15H2,1-8H3/q+2. The maximum absolute atomic E-state index is 12.4. The van der Waals surface area contributed by atoms with Crippen LogP contribution in [-0.4, -0.2) is 55.8 Å². The molecule has 2 heterocycles. The molecule has 0 bridgehead atoms. The molecule has 0 aromatic heterocycles. The van der Waals surface area contributed by atoms with Crippen LogP contribution in [0.5, 0.6) is 0 Å². The van der Waals surface area contributed by atoms with Crippen molar-refractivity contribution in [3.8, 4) is 0 Å². The lowest BCUT2D eigenvalue weighted by Crippen LogP contribution is -2.56. The molecule has 2 saturated heterocycles. The number of carbonyl (C=O) groups is 2. The fourth-order valence-corrected chi connectivity index (χ4v) is 5.38. The first-order valence-electron chi connectivity index (χ1n) is 11.3. The number of esters is 2. The highest BCUT2D eigenvalue weighted by atomic mass is 16.5. The Morgan fingerprint density at radius 1 is 0.645 bits per heavy atom. The zero-order valence-electron chi connectivity index (χ0n) is 20.4. The van der Waals surface area contributed by atoms with Crippen LogP contribution in [0.1, 0.15) is 100 Å². The van der Waals surface area contributed by atoms with E-state index in [1.807, 2.05) is 55.4 Å². The first-order valence-corrected chi connectivity index (χ1v) is 11.3. The van der Waals surface area contributed by atoms with E-state index in [0.717, 1.165) is 9.52 Å². The molecule has 0 unspecified atom stereocenters. The lowest BCUT2D eigenvalue weighted by molar-refractivity contribution is -0.695. The van der Waals surface area contributed by atoms with Gasteiger partial charge in [-0.2, -0.15) is 0 Å². The molecule has 0 aromatic rings. The summed E-state index contributed by atoms with van der Waals surface area (Å²) < 4.78 is 13.4. The first kappa shape index (κ1) is 25.4. The van der Waals surface area contributed by atoms with Crippen molar-refractivity contribution in [3.05, 3.63) is 9.81 Å². The van der Waals surface area contributed by atoms with Crippen LogP contribution in [0.25, 0.3) is 0 Å². The van der Waals surface area contributed by atoms with Gasteiger partial charge in [-0.25, -0.2) is 0 Å². The Hall–Kier alpha value is -1.86. The number of nitroso groups, excluding NO2 is 2. The van der Waals surface area contributed by atoms with Crippen LogP contribution < -0.4 is 0 Å². The Balaban J connectivity index is 1.78. The van der Waals surface area contributed by atoms with Gasteiger partial charge < -0.3 is 9.47 Å². The lowest BCUT2D eigenvalue weighted by Gasteiger charge is -2.36. The largest absolute Gasteiger partial charge is 0.462 e. The van der Waals surface area contributed by atoms with Gasteiger partial charge in [0.05, 0.1) is 25.7 Å². The van der Waals surface area contributed by atoms with Crippen molar-refractivity contribution in [1.29, 1.82) is 0 Å². The molecule has 8 nitrogen and oxygen atoms in total. The predicted octanol–water partition coefficient (Wildman–Crippen LogP) is 4.24. The van der Waals surface area contributed by atoms with E-state index < -0.39 is 22.2 Å². The topological polar surface area (TPSA) is 92.8 Å². The highest BCUT2D eigenvalue weighted by molar-refractivity contribution is 5.72. The van der Waals surface area contributed by atoms with E-state index in [2.05, 4.69) is 0 Å². The molecule has 2 fully saturated rings. The fraction of sp³-hybridized carbons (Fsp3) is 0.913. The Morgan fingerprint density at radius 3 is 1.16 bits per heavy atom. The zero-order valence-corrected chi connectivity index (χ0v) is 20.4. The molecule has 0 saturated carbocycles. The summed E-state index contributed by atoms with van der Waals surface area (Å²) in [6, 6.07) is 0. The third-order valence-electron chi connectivity index (χ3n) is 6.47. The van der Waals surface area contributed by atoms with Crippen LogP contribution in [0.4, 0.5) is 0 Å². The monoisotopic (exact) mass is 440 g/mol. The summed E-state index contributed by atoms with van der Waals surface area (Å²) in [6.07, 6.45) is 1.92. The SMILES string of the molecule is CC1(C)CC(OC(=O)CCCC(=O)OC2CC(C)(C)[N+](=O)C(C)(C)C2)CC(C)(C)[N+]1=O. The van der Waals surface area contributed by atoms with E-state index in [0.29, 0.717) is 32.1 Å². The molecule has 0 radical (unpaired) electrons. The molecule has 0 aliphatic carbocycles. The van der Waals surface area contributed by atoms with Gasteiger partial charge in [-0.3, -0.25) is 9.59 Å². The van der Waals surface area contributed by atoms with Gasteiger partial charge in [-0.15, -0.1) is 0 Å². The van der Waals surface area contributed by atoms with Crippen molar-refractivity contribution >= 4 is 11.9 Å². The highest BCUT2D eigenvalue weighted by Gasteiger charge is 2.55. The Labute approximate surface area is 185 Å². The average molecular weight is 441 g/mol. The molecule has 0 spiro atoms. The minimum Gasteiger partial charge on any atom is -0.462 e. The van der Waals surface area contributed by atoms with E-state index in [-0.39, 0.29) is 37.0 Å². The smallest absolute Gasteiger partial charge is 0.306 e. The quantitative estimate of drug-likeness (QED) is 0.453. The summed E-state index contributed by atoms with van der Waals surface area (Å²) in [7, 11) is 0. The Morgan fingerprint density at radius 2 is 0.903 bits per heavy atom. The van der Waals surface area contributed by atoms with Crippen molar-refractivity contribution in [2.24, 2.45) is 0 Å². The predicted molar refractivity (Wildman–Crippen MR) is 116 cm³/mol. The van der Waals surface area contributed by atoms with Gasteiger partial charge >= 0.3 is 11.9 Å². The highest BCUT2D eigenvalue weighted by Crippen LogP contribution is 2.37. The Kier molecular flexibility index (Phi) is 7.03. The van der Waals surface area contributed by atoms with Crippen LogP contribution in [0.3, 0.4) is 0 Å². The number of rotatable bonds is 6. The summed E-state index contributed by atoms with van der Waals surface area (Å²) in [5.74, 6) is -0.712. The minimum absolute atomic E-state index is 0.129. The third-order valence-corrected chi connectivity index (χ3v) is 6.47. The minimum atomic E-state index is -0.599. The van der Waals surface area contributed by atoms with Crippen LogP contribution in [0.15, 0.2) is 0 Å². The summed E-state index contributed by atoms with van der Waals surface area (Å²) in [5.41, 5.74) is -2.40. The molecule has 176 valence electrons. The number of hydrogen-bond acceptors (Lipinski definition) is 6. The van der Waals surface area contributed by atoms with Crippen LogP contribution in [-0.2, 0) is 19.1 Å². The second kappa shape index (κ2) is 8.58. The van der Waals surface area contributed by atoms with E-state index in [9.17, 15) is 19.4 Å². The van der Waals surface area contributed by atoms with Gasteiger partial charge in [-0.1, -0.05) is 0 Å². The van der Waals surface area contributed by atoms with Gasteiger partial charge in [-0.05, 0) is 6.42 Å². The number of nitrogens with zero attached hydrogens (tertiary/aromatic N) is 2. The van der Waals surface area contributed by atoms with Crippen LogP contribution in [0, 0.1) is 9.81 Å². The molecular formula is C23H40N2O6+2. The van der Waals surface area contributed by atoms with Gasteiger partial charge in [0.25, 0.3) is 0 Å². The summed E-state index contributed by atoms with van der Waals surface area (Å²) >= 11 is 0. The van der Waals surface area contributed by atoms with E-state index >= 15 is 0 Å². The number of hydrogen-bond donors (Lipinski definition) is 0. The van der Waals surface area contributed by atoms with E-state index in [4.69, 9.17) is 9.47 Å². The van der Waals surface area contributed by atoms with Gasteiger partial charge in [0.1, 0.15) is 12.2 Å². The number of carbonyl (C=O) groups excluding carboxylic acids is 2. The normalized spacial score (nSPS) is 25.2. The second-order valence-electron chi connectivity index (χ2n) is 11.7. The van der Waals surface area contributed by atoms with Crippen molar-refractivity contribution < 1.29 is 28.6 Å². The summed E-state index contributed by atoms with van der Waals surface area (Å²) in [5, 5.41) is 0. The van der Waals surface area contributed by atoms with Gasteiger partial charge in [0, 0.05) is 87.6 Å². The van der Waals surface area contributed by atoms with Crippen LogP contribution >= 0.6 is 0 Å².